The minimum Gasteiger partial charge on any atom is -0.493 e. The highest BCUT2D eigenvalue weighted by Crippen LogP contribution is 2.15. The second-order valence-electron chi connectivity index (χ2n) is 5.77. The lowest BCUT2D eigenvalue weighted by Crippen LogP contribution is -2.48. The molecule has 0 aliphatic carbocycles. The van der Waals surface area contributed by atoms with Gasteiger partial charge in [0, 0.05) is 31.7 Å². The maximum absolute atomic E-state index is 12.4. The van der Waals surface area contributed by atoms with Crippen LogP contribution in [0, 0.1) is 5.92 Å². The molecule has 1 amide bonds. The van der Waals surface area contributed by atoms with Gasteiger partial charge in [-0.2, -0.15) is 0 Å². The van der Waals surface area contributed by atoms with Crippen molar-refractivity contribution >= 4 is 5.91 Å². The van der Waals surface area contributed by atoms with Gasteiger partial charge in [0.2, 0.25) is 0 Å². The average Bonchev–Trinajstić information content (AvgIpc) is 2.54. The number of nitrogens with one attached hydrogen (secondary N) is 2. The summed E-state index contributed by atoms with van der Waals surface area (Å²) in [5.74, 6) is 1.15. The van der Waals surface area contributed by atoms with E-state index in [1.807, 2.05) is 18.2 Å². The zero-order valence-corrected chi connectivity index (χ0v) is 13.4. The zero-order chi connectivity index (χ0) is 15.8. The van der Waals surface area contributed by atoms with Gasteiger partial charge in [0.15, 0.2) is 0 Å². The number of amides is 1. The van der Waals surface area contributed by atoms with Crippen LogP contribution in [0.2, 0.25) is 0 Å². The van der Waals surface area contributed by atoms with Crippen molar-refractivity contribution in [3.05, 3.63) is 29.8 Å². The summed E-state index contributed by atoms with van der Waals surface area (Å²) in [6, 6.07) is 7.58. The summed E-state index contributed by atoms with van der Waals surface area (Å²) in [5.41, 5.74) is 0.648. The summed E-state index contributed by atoms with van der Waals surface area (Å²) in [7, 11) is 1.67. The van der Waals surface area contributed by atoms with Crippen molar-refractivity contribution < 1.29 is 14.3 Å². The highest BCUT2D eigenvalue weighted by atomic mass is 16.5. The number of ether oxygens (including phenoxy) is 2. The van der Waals surface area contributed by atoms with Gasteiger partial charge in [-0.15, -0.1) is 0 Å². The molecule has 0 saturated carbocycles. The van der Waals surface area contributed by atoms with Gasteiger partial charge < -0.3 is 20.1 Å². The number of carbonyl (C=O) groups excluding carboxylic acids is 1. The molecule has 1 fully saturated rings. The van der Waals surface area contributed by atoms with Gasteiger partial charge in [-0.1, -0.05) is 13.0 Å². The van der Waals surface area contributed by atoms with Gasteiger partial charge in [0.25, 0.3) is 5.91 Å². The van der Waals surface area contributed by atoms with E-state index in [1.165, 1.54) is 0 Å². The molecule has 5 heteroatoms. The monoisotopic (exact) mass is 306 g/mol. The van der Waals surface area contributed by atoms with Crippen LogP contribution in [0.4, 0.5) is 0 Å². The third-order valence-corrected chi connectivity index (χ3v) is 3.96. The molecule has 0 spiro atoms. The Hall–Kier alpha value is -1.59. The summed E-state index contributed by atoms with van der Waals surface area (Å²) in [5, 5.41) is 6.47. The molecule has 2 N–H and O–H groups in total. The molecule has 1 aromatic carbocycles. The zero-order valence-electron chi connectivity index (χ0n) is 13.4. The van der Waals surface area contributed by atoms with Crippen molar-refractivity contribution in [2.75, 3.05) is 33.4 Å². The first kappa shape index (κ1) is 16.8. The van der Waals surface area contributed by atoms with Gasteiger partial charge in [0.05, 0.1) is 6.61 Å². The average molecular weight is 306 g/mol. The fraction of sp³-hybridized carbons (Fsp3) is 0.588. The van der Waals surface area contributed by atoms with Gasteiger partial charge >= 0.3 is 0 Å². The fourth-order valence-corrected chi connectivity index (χ4v) is 2.60. The van der Waals surface area contributed by atoms with Crippen molar-refractivity contribution in [3.63, 3.8) is 0 Å². The SMILES string of the molecule is COCCCOc1cccc(C(=O)NC2CCNCC2C)c1. The molecular formula is C17H26N2O3. The standard InChI is InChI=1S/C17H26N2O3/c1-13-12-18-8-7-16(13)19-17(20)14-5-3-6-15(11-14)22-10-4-9-21-2/h3,5-6,11,13,16,18H,4,7-10,12H2,1-2H3,(H,19,20). The Labute approximate surface area is 132 Å². The molecule has 2 unspecified atom stereocenters. The minimum absolute atomic E-state index is 0.0268. The topological polar surface area (TPSA) is 59.6 Å². The van der Waals surface area contributed by atoms with Gasteiger partial charge in [0.1, 0.15) is 5.75 Å². The molecular weight excluding hydrogens is 280 g/mol. The maximum Gasteiger partial charge on any atom is 0.251 e. The summed E-state index contributed by atoms with van der Waals surface area (Å²) in [6.07, 6.45) is 1.81. The molecule has 2 rings (SSSR count). The van der Waals surface area contributed by atoms with Crippen molar-refractivity contribution in [1.29, 1.82) is 0 Å². The Bertz CT molecular complexity index is 479. The first-order valence-corrected chi connectivity index (χ1v) is 7.94. The molecule has 122 valence electrons. The van der Waals surface area contributed by atoms with E-state index in [0.717, 1.165) is 31.7 Å². The van der Waals surface area contributed by atoms with Gasteiger partial charge in [-0.3, -0.25) is 4.79 Å². The van der Waals surface area contributed by atoms with Crippen LogP contribution < -0.4 is 15.4 Å². The Balaban J connectivity index is 1.89. The number of rotatable bonds is 7. The predicted molar refractivity (Wildman–Crippen MR) is 86.3 cm³/mol. The second-order valence-corrected chi connectivity index (χ2v) is 5.77. The molecule has 1 saturated heterocycles. The van der Waals surface area contributed by atoms with E-state index in [-0.39, 0.29) is 11.9 Å². The summed E-state index contributed by atoms with van der Waals surface area (Å²) < 4.78 is 10.6. The van der Waals surface area contributed by atoms with E-state index < -0.39 is 0 Å². The minimum atomic E-state index is -0.0268. The first-order chi connectivity index (χ1) is 10.7. The molecule has 0 aromatic heterocycles. The largest absolute Gasteiger partial charge is 0.493 e. The van der Waals surface area contributed by atoms with E-state index in [4.69, 9.17) is 9.47 Å². The number of hydrogen-bond acceptors (Lipinski definition) is 4. The third kappa shape index (κ3) is 5.00. The van der Waals surface area contributed by atoms with E-state index in [0.29, 0.717) is 24.7 Å². The summed E-state index contributed by atoms with van der Waals surface area (Å²) in [6.45, 7) is 5.33. The molecule has 22 heavy (non-hydrogen) atoms. The van der Waals surface area contributed by atoms with Crippen LogP contribution in [0.15, 0.2) is 24.3 Å². The molecule has 0 radical (unpaired) electrons. The van der Waals surface area contributed by atoms with Crippen LogP contribution in [0.25, 0.3) is 0 Å². The number of piperidine rings is 1. The smallest absolute Gasteiger partial charge is 0.251 e. The van der Waals surface area contributed by atoms with E-state index in [9.17, 15) is 4.79 Å². The second kappa shape index (κ2) is 8.76. The number of carbonyl (C=O) groups is 1. The molecule has 1 heterocycles. The third-order valence-electron chi connectivity index (χ3n) is 3.96. The molecule has 2 atom stereocenters. The lowest BCUT2D eigenvalue weighted by molar-refractivity contribution is 0.0913. The van der Waals surface area contributed by atoms with E-state index >= 15 is 0 Å². The number of hydrogen-bond donors (Lipinski definition) is 2. The quantitative estimate of drug-likeness (QED) is 0.755. The predicted octanol–water partition coefficient (Wildman–Crippen LogP) is 1.83. The van der Waals surface area contributed by atoms with E-state index in [2.05, 4.69) is 17.6 Å². The Kier molecular flexibility index (Phi) is 6.68. The Morgan fingerprint density at radius 1 is 1.41 bits per heavy atom. The molecule has 1 aliphatic heterocycles. The van der Waals surface area contributed by atoms with Crippen LogP contribution in [0.3, 0.4) is 0 Å². The van der Waals surface area contributed by atoms with Crippen molar-refractivity contribution in [2.45, 2.75) is 25.8 Å². The van der Waals surface area contributed by atoms with Crippen LogP contribution in [0.1, 0.15) is 30.1 Å². The fourth-order valence-electron chi connectivity index (χ4n) is 2.60. The van der Waals surface area contributed by atoms with Crippen LogP contribution in [-0.2, 0) is 4.74 Å². The lowest BCUT2D eigenvalue weighted by atomic mass is 9.95. The lowest BCUT2D eigenvalue weighted by Gasteiger charge is -2.30. The molecule has 5 nitrogen and oxygen atoms in total. The van der Waals surface area contributed by atoms with Crippen LogP contribution >= 0.6 is 0 Å². The summed E-state index contributed by atoms with van der Waals surface area (Å²) >= 11 is 0. The maximum atomic E-state index is 12.4. The highest BCUT2D eigenvalue weighted by molar-refractivity contribution is 5.94. The molecule has 1 aromatic rings. The summed E-state index contributed by atoms with van der Waals surface area (Å²) in [4.78, 5) is 12.4. The van der Waals surface area contributed by atoms with Crippen molar-refractivity contribution in [2.24, 2.45) is 5.92 Å². The van der Waals surface area contributed by atoms with Gasteiger partial charge in [-0.05, 0) is 43.6 Å². The Morgan fingerprint density at radius 2 is 2.27 bits per heavy atom. The van der Waals surface area contributed by atoms with Gasteiger partial charge in [-0.25, -0.2) is 0 Å². The molecule has 0 bridgehead atoms. The normalized spacial score (nSPS) is 21.4. The van der Waals surface area contributed by atoms with E-state index in [1.54, 1.807) is 13.2 Å². The van der Waals surface area contributed by atoms with Crippen molar-refractivity contribution in [1.82, 2.24) is 10.6 Å². The highest BCUT2D eigenvalue weighted by Gasteiger charge is 2.23. The van der Waals surface area contributed by atoms with Crippen LogP contribution in [0.5, 0.6) is 5.75 Å². The van der Waals surface area contributed by atoms with Crippen LogP contribution in [-0.4, -0.2) is 45.4 Å². The number of benzene rings is 1. The molecule has 1 aliphatic rings. The number of methoxy groups -OCH3 is 1. The first-order valence-electron chi connectivity index (χ1n) is 7.94. The van der Waals surface area contributed by atoms with Crippen molar-refractivity contribution in [3.8, 4) is 5.75 Å². The Morgan fingerprint density at radius 3 is 3.05 bits per heavy atom.